The lowest BCUT2D eigenvalue weighted by Crippen LogP contribution is -2.53. The highest BCUT2D eigenvalue weighted by Crippen LogP contribution is 2.29. The van der Waals surface area contributed by atoms with Crippen LogP contribution < -0.4 is 5.32 Å². The Kier molecular flexibility index (Phi) is 6.60. The Morgan fingerprint density at radius 3 is 2.74 bits per heavy atom. The Hall–Kier alpha value is -3.19. The molecular formula is C28H36N6O. The van der Waals surface area contributed by atoms with E-state index in [1.165, 1.54) is 16.7 Å². The van der Waals surface area contributed by atoms with E-state index in [-0.39, 0.29) is 12.1 Å². The Morgan fingerprint density at radius 1 is 1.17 bits per heavy atom. The first-order chi connectivity index (χ1) is 16.9. The molecule has 35 heavy (non-hydrogen) atoms. The predicted octanol–water partition coefficient (Wildman–Crippen LogP) is 4.38. The highest BCUT2D eigenvalue weighted by atomic mass is 16.2. The summed E-state index contributed by atoms with van der Waals surface area (Å²) in [6, 6.07) is 10.7. The Balaban J connectivity index is 1.25. The van der Waals surface area contributed by atoms with Crippen molar-refractivity contribution in [3.8, 4) is 11.3 Å². The largest absolute Gasteiger partial charge is 0.334 e. The third-order valence-corrected chi connectivity index (χ3v) is 7.48. The second-order valence-corrected chi connectivity index (χ2v) is 10.4. The van der Waals surface area contributed by atoms with Gasteiger partial charge in [0.05, 0.1) is 12.2 Å². The first-order valence-corrected chi connectivity index (χ1v) is 12.7. The zero-order chi connectivity index (χ0) is 24.5. The van der Waals surface area contributed by atoms with E-state index in [0.717, 1.165) is 60.7 Å². The number of aryl methyl sites for hydroxylation is 3. The van der Waals surface area contributed by atoms with Gasteiger partial charge in [-0.15, -0.1) is 0 Å². The summed E-state index contributed by atoms with van der Waals surface area (Å²) in [5, 5.41) is 11.1. The number of amides is 2. The number of rotatable bonds is 4. The number of nitrogens with one attached hydrogen (secondary N) is 2. The van der Waals surface area contributed by atoms with E-state index in [1.54, 1.807) is 0 Å². The van der Waals surface area contributed by atoms with Crippen LogP contribution >= 0.6 is 0 Å². The molecule has 0 bridgehead atoms. The van der Waals surface area contributed by atoms with Crippen LogP contribution in [0.3, 0.4) is 0 Å². The van der Waals surface area contributed by atoms with Crippen LogP contribution in [0, 0.1) is 26.7 Å². The van der Waals surface area contributed by atoms with Crippen molar-refractivity contribution >= 4 is 6.03 Å². The molecule has 1 aromatic carbocycles. The van der Waals surface area contributed by atoms with E-state index in [1.807, 2.05) is 30.2 Å². The van der Waals surface area contributed by atoms with Gasteiger partial charge in [-0.05, 0) is 61.9 Å². The second kappa shape index (κ2) is 9.82. The molecule has 7 nitrogen and oxygen atoms in total. The van der Waals surface area contributed by atoms with E-state index >= 15 is 0 Å². The number of aromatic nitrogens is 3. The van der Waals surface area contributed by atoms with E-state index in [9.17, 15) is 4.79 Å². The SMILES string of the molecule is Cc1cc(-c2n[nH]c3c2CN(C(=O)NC2CC(C)CN(Cc4c(C)cccc4C)C2)CC3)ccn1. The van der Waals surface area contributed by atoms with Crippen LogP contribution in [0.2, 0.25) is 0 Å². The summed E-state index contributed by atoms with van der Waals surface area (Å²) in [5.74, 6) is 0.543. The molecule has 0 radical (unpaired) electrons. The van der Waals surface area contributed by atoms with E-state index in [4.69, 9.17) is 0 Å². The second-order valence-electron chi connectivity index (χ2n) is 10.4. The smallest absolute Gasteiger partial charge is 0.317 e. The van der Waals surface area contributed by atoms with Gasteiger partial charge in [0.25, 0.3) is 0 Å². The van der Waals surface area contributed by atoms with E-state index in [0.29, 0.717) is 19.0 Å². The van der Waals surface area contributed by atoms with E-state index in [2.05, 4.69) is 64.4 Å². The van der Waals surface area contributed by atoms with Crippen LogP contribution in [0.1, 0.15) is 47.0 Å². The lowest BCUT2D eigenvalue weighted by Gasteiger charge is -2.38. The van der Waals surface area contributed by atoms with Gasteiger partial charge in [-0.1, -0.05) is 25.1 Å². The number of likely N-dealkylation sites (tertiary alicyclic amines) is 1. The lowest BCUT2D eigenvalue weighted by atomic mass is 9.94. The number of piperidine rings is 1. The fourth-order valence-corrected chi connectivity index (χ4v) is 5.68. The Labute approximate surface area is 207 Å². The van der Waals surface area contributed by atoms with Crippen molar-refractivity contribution in [2.45, 2.75) is 59.7 Å². The number of pyridine rings is 1. The van der Waals surface area contributed by atoms with Crippen LogP contribution in [0.4, 0.5) is 4.79 Å². The third kappa shape index (κ3) is 5.10. The maximum absolute atomic E-state index is 13.3. The molecule has 3 aromatic rings. The Bertz CT molecular complexity index is 1200. The summed E-state index contributed by atoms with van der Waals surface area (Å²) in [4.78, 5) is 22.1. The minimum absolute atomic E-state index is 0.0276. The molecule has 184 valence electrons. The number of hydrogen-bond acceptors (Lipinski definition) is 4. The summed E-state index contributed by atoms with van der Waals surface area (Å²) < 4.78 is 0. The summed E-state index contributed by atoms with van der Waals surface area (Å²) in [7, 11) is 0. The fourth-order valence-electron chi connectivity index (χ4n) is 5.68. The summed E-state index contributed by atoms with van der Waals surface area (Å²) >= 11 is 0. The maximum atomic E-state index is 13.3. The molecule has 2 atom stereocenters. The van der Waals surface area contributed by atoms with Gasteiger partial charge < -0.3 is 10.2 Å². The molecule has 0 spiro atoms. The first-order valence-electron chi connectivity index (χ1n) is 12.7. The van der Waals surface area contributed by atoms with Gasteiger partial charge in [-0.2, -0.15) is 5.10 Å². The predicted molar refractivity (Wildman–Crippen MR) is 138 cm³/mol. The van der Waals surface area contributed by atoms with Gasteiger partial charge >= 0.3 is 6.03 Å². The minimum Gasteiger partial charge on any atom is -0.334 e. The number of urea groups is 1. The van der Waals surface area contributed by atoms with Crippen LogP contribution in [0.5, 0.6) is 0 Å². The molecule has 2 aliphatic heterocycles. The van der Waals surface area contributed by atoms with Crippen molar-refractivity contribution in [2.75, 3.05) is 19.6 Å². The molecule has 0 saturated carbocycles. The normalized spacial score (nSPS) is 20.5. The Morgan fingerprint density at radius 2 is 1.97 bits per heavy atom. The standard InChI is InChI=1S/C28H36N6O/c1-18-12-23(15-33(14-18)16-24-19(2)6-5-7-20(24)3)30-28(35)34-11-9-26-25(17-34)27(32-31-26)22-8-10-29-21(4)13-22/h5-8,10,13,18,23H,9,11-12,14-17H2,1-4H3,(H,30,35)(H,31,32). The first kappa shape index (κ1) is 23.5. The summed E-state index contributed by atoms with van der Waals surface area (Å²) in [6.45, 7) is 12.8. The van der Waals surface area contributed by atoms with Gasteiger partial charge in [0.2, 0.25) is 0 Å². The van der Waals surface area contributed by atoms with Gasteiger partial charge in [0.1, 0.15) is 0 Å². The van der Waals surface area contributed by atoms with Crippen LogP contribution in [0.25, 0.3) is 11.3 Å². The molecule has 2 N–H and O–H groups in total. The number of hydrogen-bond donors (Lipinski definition) is 2. The van der Waals surface area contributed by atoms with Crippen LogP contribution in [-0.2, 0) is 19.5 Å². The molecule has 4 heterocycles. The molecule has 1 saturated heterocycles. The van der Waals surface area contributed by atoms with E-state index < -0.39 is 0 Å². The quantitative estimate of drug-likeness (QED) is 0.591. The van der Waals surface area contributed by atoms with Crippen molar-refractivity contribution < 1.29 is 4.79 Å². The highest BCUT2D eigenvalue weighted by Gasteiger charge is 2.30. The average molecular weight is 473 g/mol. The minimum atomic E-state index is 0.0276. The number of carbonyl (C=O) groups excluding carboxylic acids is 1. The van der Waals surface area contributed by atoms with Crippen molar-refractivity contribution in [1.29, 1.82) is 0 Å². The average Bonchev–Trinajstić information content (AvgIpc) is 3.24. The van der Waals surface area contributed by atoms with Crippen LogP contribution in [0.15, 0.2) is 36.5 Å². The number of nitrogens with zero attached hydrogens (tertiary/aromatic N) is 4. The monoisotopic (exact) mass is 472 g/mol. The topological polar surface area (TPSA) is 77.2 Å². The highest BCUT2D eigenvalue weighted by molar-refractivity contribution is 5.76. The van der Waals surface area contributed by atoms with Crippen LogP contribution in [-0.4, -0.2) is 56.7 Å². The van der Waals surface area contributed by atoms with Crippen molar-refractivity contribution in [3.05, 3.63) is 70.2 Å². The van der Waals surface area contributed by atoms with Gasteiger partial charge in [-0.3, -0.25) is 15.0 Å². The molecular weight excluding hydrogens is 436 g/mol. The van der Waals surface area contributed by atoms with Gasteiger partial charge in [0, 0.05) is 67.4 Å². The summed E-state index contributed by atoms with van der Waals surface area (Å²) in [5.41, 5.74) is 9.27. The zero-order valence-corrected chi connectivity index (χ0v) is 21.3. The molecule has 2 amide bonds. The number of aromatic amines is 1. The maximum Gasteiger partial charge on any atom is 0.317 e. The molecule has 2 aliphatic rings. The van der Waals surface area contributed by atoms with Crippen molar-refractivity contribution in [2.24, 2.45) is 5.92 Å². The number of benzene rings is 1. The number of carbonyl (C=O) groups is 1. The third-order valence-electron chi connectivity index (χ3n) is 7.48. The van der Waals surface area contributed by atoms with Crippen molar-refractivity contribution in [3.63, 3.8) is 0 Å². The summed E-state index contributed by atoms with van der Waals surface area (Å²) in [6.07, 6.45) is 3.62. The zero-order valence-electron chi connectivity index (χ0n) is 21.3. The molecule has 2 unspecified atom stereocenters. The molecule has 5 rings (SSSR count). The van der Waals surface area contributed by atoms with Crippen molar-refractivity contribution in [1.82, 2.24) is 30.3 Å². The molecule has 0 aliphatic carbocycles. The number of fused-ring (bicyclic) bond motifs is 1. The number of H-pyrrole nitrogens is 1. The molecule has 1 fully saturated rings. The molecule has 7 heteroatoms. The fraction of sp³-hybridized carbons (Fsp3) is 0.464. The lowest BCUT2D eigenvalue weighted by molar-refractivity contribution is 0.134. The van der Waals surface area contributed by atoms with Gasteiger partial charge in [-0.25, -0.2) is 4.79 Å². The molecule has 2 aromatic heterocycles. The van der Waals surface area contributed by atoms with Gasteiger partial charge in [0.15, 0.2) is 0 Å².